The van der Waals surface area contributed by atoms with Crippen molar-refractivity contribution < 1.29 is 22.7 Å². The molecule has 1 saturated heterocycles. The van der Waals surface area contributed by atoms with Crippen molar-refractivity contribution in [3.8, 4) is 5.75 Å². The Morgan fingerprint density at radius 2 is 2.13 bits per heavy atom. The number of rotatable bonds is 6. The van der Waals surface area contributed by atoms with E-state index in [-0.39, 0.29) is 18.2 Å². The molecule has 2 heterocycles. The first-order valence-electron chi connectivity index (χ1n) is 7.28. The van der Waals surface area contributed by atoms with Crippen LogP contribution in [0.15, 0.2) is 12.3 Å². The molecule has 0 aromatic carbocycles. The molecule has 1 aliphatic heterocycles. The summed E-state index contributed by atoms with van der Waals surface area (Å²) in [7, 11) is -1.94. The molecule has 8 nitrogen and oxygen atoms in total. The summed E-state index contributed by atoms with van der Waals surface area (Å²) in [5.41, 5.74) is 1.01. The Labute approximate surface area is 135 Å². The molecule has 0 saturated carbocycles. The number of carbonyl (C=O) groups excluding carboxylic acids is 1. The molecule has 128 valence electrons. The van der Waals surface area contributed by atoms with Crippen molar-refractivity contribution in [3.63, 3.8) is 0 Å². The van der Waals surface area contributed by atoms with Gasteiger partial charge in [-0.25, -0.2) is 8.42 Å². The largest absolute Gasteiger partial charge is 0.494 e. The molecule has 1 aromatic rings. The summed E-state index contributed by atoms with van der Waals surface area (Å²) in [6, 6.07) is 1.60. The summed E-state index contributed by atoms with van der Waals surface area (Å²) in [4.78, 5) is 16.2. The number of pyridine rings is 1. The third-order valence-electron chi connectivity index (χ3n) is 3.48. The molecule has 0 spiro atoms. The normalized spacial score (nSPS) is 16.1. The van der Waals surface area contributed by atoms with Gasteiger partial charge in [0.15, 0.2) is 0 Å². The number of nitrogens with zero attached hydrogens (tertiary/aromatic N) is 2. The molecule has 0 aliphatic carbocycles. The van der Waals surface area contributed by atoms with Crippen molar-refractivity contribution in [3.05, 3.63) is 23.5 Å². The molecule has 0 radical (unpaired) electrons. The summed E-state index contributed by atoms with van der Waals surface area (Å²) in [5, 5.41) is 2.61. The van der Waals surface area contributed by atoms with Crippen LogP contribution in [0, 0.1) is 6.92 Å². The van der Waals surface area contributed by atoms with Crippen LogP contribution in [0.4, 0.5) is 0 Å². The zero-order valence-electron chi connectivity index (χ0n) is 13.2. The molecule has 1 fully saturated rings. The second kappa shape index (κ2) is 7.71. The number of aryl methyl sites for hydroxylation is 1. The van der Waals surface area contributed by atoms with Crippen LogP contribution in [-0.4, -0.2) is 69.3 Å². The van der Waals surface area contributed by atoms with Crippen LogP contribution in [0.3, 0.4) is 0 Å². The topological polar surface area (TPSA) is 97.8 Å². The van der Waals surface area contributed by atoms with Crippen molar-refractivity contribution >= 4 is 15.9 Å². The molecule has 1 N–H and O–H groups in total. The minimum absolute atomic E-state index is 0.0308. The van der Waals surface area contributed by atoms with Crippen LogP contribution in [0.2, 0.25) is 0 Å². The van der Waals surface area contributed by atoms with Gasteiger partial charge in [-0.05, 0) is 13.0 Å². The van der Waals surface area contributed by atoms with E-state index in [0.717, 1.165) is 0 Å². The van der Waals surface area contributed by atoms with Gasteiger partial charge in [0.1, 0.15) is 5.75 Å². The van der Waals surface area contributed by atoms with Crippen LogP contribution in [0.1, 0.15) is 16.1 Å². The predicted molar refractivity (Wildman–Crippen MR) is 84.0 cm³/mol. The fourth-order valence-electron chi connectivity index (χ4n) is 2.23. The van der Waals surface area contributed by atoms with Crippen LogP contribution >= 0.6 is 0 Å². The lowest BCUT2D eigenvalue weighted by molar-refractivity contribution is 0.0730. The first-order chi connectivity index (χ1) is 10.9. The molecule has 1 amide bonds. The average Bonchev–Trinajstić information content (AvgIpc) is 2.55. The zero-order valence-corrected chi connectivity index (χ0v) is 14.1. The Morgan fingerprint density at radius 1 is 1.43 bits per heavy atom. The van der Waals surface area contributed by atoms with E-state index in [9.17, 15) is 13.2 Å². The highest BCUT2D eigenvalue weighted by Crippen LogP contribution is 2.17. The summed E-state index contributed by atoms with van der Waals surface area (Å²) < 4.78 is 36.0. The van der Waals surface area contributed by atoms with Crippen molar-refractivity contribution in [2.45, 2.75) is 6.92 Å². The van der Waals surface area contributed by atoms with E-state index < -0.39 is 10.0 Å². The summed E-state index contributed by atoms with van der Waals surface area (Å²) in [6.45, 7) is 3.31. The van der Waals surface area contributed by atoms with E-state index in [2.05, 4.69) is 10.3 Å². The van der Waals surface area contributed by atoms with E-state index in [1.54, 1.807) is 13.0 Å². The Bertz CT molecular complexity index is 656. The highest BCUT2D eigenvalue weighted by atomic mass is 32.2. The lowest BCUT2D eigenvalue weighted by atomic mass is 10.2. The zero-order chi connectivity index (χ0) is 16.9. The lowest BCUT2D eigenvalue weighted by Gasteiger charge is -2.26. The van der Waals surface area contributed by atoms with Gasteiger partial charge in [-0.3, -0.25) is 9.78 Å². The standard InChI is InChI=1S/C14H21N3O5S/c1-11-9-12(13(21-2)10-16-11)14(18)15-3-8-23(19,20)17-4-6-22-7-5-17/h9-10H,3-8H2,1-2H3,(H,15,18). The van der Waals surface area contributed by atoms with Gasteiger partial charge in [0, 0.05) is 25.3 Å². The monoisotopic (exact) mass is 343 g/mol. The van der Waals surface area contributed by atoms with Gasteiger partial charge < -0.3 is 14.8 Å². The average molecular weight is 343 g/mol. The van der Waals surface area contributed by atoms with E-state index in [1.807, 2.05) is 0 Å². The number of aromatic nitrogens is 1. The number of amides is 1. The molecule has 0 unspecified atom stereocenters. The van der Waals surface area contributed by atoms with Gasteiger partial charge in [0.2, 0.25) is 10.0 Å². The molecule has 9 heteroatoms. The molecular weight excluding hydrogens is 322 g/mol. The molecule has 0 bridgehead atoms. The number of hydrogen-bond donors (Lipinski definition) is 1. The van der Waals surface area contributed by atoms with E-state index in [0.29, 0.717) is 43.3 Å². The summed E-state index contributed by atoms with van der Waals surface area (Å²) in [5.74, 6) is -0.181. The minimum Gasteiger partial charge on any atom is -0.494 e. The van der Waals surface area contributed by atoms with Gasteiger partial charge in [0.05, 0.1) is 37.8 Å². The molecule has 0 atom stereocenters. The van der Waals surface area contributed by atoms with Gasteiger partial charge >= 0.3 is 0 Å². The SMILES string of the molecule is COc1cnc(C)cc1C(=O)NCCS(=O)(=O)N1CCOCC1. The molecule has 23 heavy (non-hydrogen) atoms. The molecule has 2 rings (SSSR count). The fraction of sp³-hybridized carbons (Fsp3) is 0.571. The third-order valence-corrected chi connectivity index (χ3v) is 5.35. The minimum atomic E-state index is -3.39. The van der Waals surface area contributed by atoms with Gasteiger partial charge in [-0.1, -0.05) is 0 Å². The van der Waals surface area contributed by atoms with Gasteiger partial charge in [-0.15, -0.1) is 0 Å². The van der Waals surface area contributed by atoms with E-state index in [4.69, 9.17) is 9.47 Å². The van der Waals surface area contributed by atoms with Crippen molar-refractivity contribution in [2.24, 2.45) is 0 Å². The van der Waals surface area contributed by atoms with Gasteiger partial charge in [0.25, 0.3) is 5.91 Å². The maximum Gasteiger partial charge on any atom is 0.255 e. The number of morpholine rings is 1. The summed E-state index contributed by atoms with van der Waals surface area (Å²) in [6.07, 6.45) is 1.47. The molecule has 1 aliphatic rings. The first-order valence-corrected chi connectivity index (χ1v) is 8.89. The maximum absolute atomic E-state index is 12.2. The van der Waals surface area contributed by atoms with E-state index >= 15 is 0 Å². The number of hydrogen-bond acceptors (Lipinski definition) is 6. The Balaban J connectivity index is 1.93. The Kier molecular flexibility index (Phi) is 5.91. The predicted octanol–water partition coefficient (Wildman–Crippen LogP) is -0.210. The summed E-state index contributed by atoms with van der Waals surface area (Å²) >= 11 is 0. The number of ether oxygens (including phenoxy) is 2. The highest BCUT2D eigenvalue weighted by molar-refractivity contribution is 7.89. The lowest BCUT2D eigenvalue weighted by Crippen LogP contribution is -2.43. The number of carbonyl (C=O) groups is 1. The third kappa shape index (κ3) is 4.63. The molecule has 1 aromatic heterocycles. The van der Waals surface area contributed by atoms with Gasteiger partial charge in [-0.2, -0.15) is 4.31 Å². The Hall–Kier alpha value is -1.71. The molecular formula is C14H21N3O5S. The van der Waals surface area contributed by atoms with Crippen molar-refractivity contribution in [1.29, 1.82) is 0 Å². The Morgan fingerprint density at radius 3 is 2.78 bits per heavy atom. The smallest absolute Gasteiger partial charge is 0.255 e. The quantitative estimate of drug-likeness (QED) is 0.768. The highest BCUT2D eigenvalue weighted by Gasteiger charge is 2.24. The second-order valence-electron chi connectivity index (χ2n) is 5.11. The van der Waals surface area contributed by atoms with Crippen molar-refractivity contribution in [2.75, 3.05) is 45.7 Å². The number of methoxy groups -OCH3 is 1. The van der Waals surface area contributed by atoms with E-state index in [1.165, 1.54) is 17.6 Å². The number of nitrogens with one attached hydrogen (secondary N) is 1. The first kappa shape index (κ1) is 17.6. The van der Waals surface area contributed by atoms with Crippen LogP contribution in [-0.2, 0) is 14.8 Å². The second-order valence-corrected chi connectivity index (χ2v) is 7.20. The van der Waals surface area contributed by atoms with Crippen LogP contribution in [0.5, 0.6) is 5.75 Å². The number of sulfonamides is 1. The van der Waals surface area contributed by atoms with Crippen molar-refractivity contribution in [1.82, 2.24) is 14.6 Å². The maximum atomic E-state index is 12.2. The fourth-order valence-corrected chi connectivity index (χ4v) is 3.55. The van der Waals surface area contributed by atoms with Crippen LogP contribution in [0.25, 0.3) is 0 Å². The van der Waals surface area contributed by atoms with Crippen LogP contribution < -0.4 is 10.1 Å².